The molecule has 3 N–H and O–H groups in total. The molecule has 1 aliphatic heterocycles. The molecule has 1 atom stereocenters. The number of piperazine rings is 1. The van der Waals surface area contributed by atoms with Gasteiger partial charge in [0.1, 0.15) is 6.04 Å². The molecule has 2 rings (SSSR count). The summed E-state index contributed by atoms with van der Waals surface area (Å²) in [6, 6.07) is 7.61. The monoisotopic (exact) mass is 263 g/mol. The van der Waals surface area contributed by atoms with Gasteiger partial charge in [-0.3, -0.25) is 4.79 Å². The van der Waals surface area contributed by atoms with E-state index in [1.165, 1.54) is 12.8 Å². The van der Waals surface area contributed by atoms with E-state index in [-0.39, 0.29) is 5.97 Å². The van der Waals surface area contributed by atoms with Crippen LogP contribution in [0.5, 0.6) is 0 Å². The third kappa shape index (κ3) is 3.68. The predicted octanol–water partition coefficient (Wildman–Crippen LogP) is 0.139. The fourth-order valence-electron chi connectivity index (χ4n) is 2.29. The van der Waals surface area contributed by atoms with E-state index < -0.39 is 6.04 Å². The lowest BCUT2D eigenvalue weighted by molar-refractivity contribution is -0.142. The average Bonchev–Trinajstić information content (AvgIpc) is 2.47. The van der Waals surface area contributed by atoms with Gasteiger partial charge in [-0.05, 0) is 24.1 Å². The van der Waals surface area contributed by atoms with Crippen LogP contribution in [-0.4, -0.2) is 45.3 Å². The highest BCUT2D eigenvalue weighted by Crippen LogP contribution is 2.17. The van der Waals surface area contributed by atoms with Crippen molar-refractivity contribution in [3.63, 3.8) is 0 Å². The Balaban J connectivity index is 2.04. The van der Waals surface area contributed by atoms with Gasteiger partial charge in [-0.25, -0.2) is 0 Å². The number of ether oxygens (including phenoxy) is 1. The van der Waals surface area contributed by atoms with Crippen molar-refractivity contribution in [3.05, 3.63) is 29.8 Å². The Labute approximate surface area is 113 Å². The molecule has 0 aliphatic carbocycles. The van der Waals surface area contributed by atoms with Crippen molar-refractivity contribution < 1.29 is 9.53 Å². The number of methoxy groups -OCH3 is 1. The lowest BCUT2D eigenvalue weighted by Gasteiger charge is -2.29. The molecule has 5 nitrogen and oxygen atoms in total. The molecular weight excluding hydrogens is 242 g/mol. The van der Waals surface area contributed by atoms with Gasteiger partial charge < -0.3 is 20.7 Å². The summed E-state index contributed by atoms with van der Waals surface area (Å²) < 4.78 is 4.65. The number of hydrogen-bond donors (Lipinski definition) is 2. The van der Waals surface area contributed by atoms with Crippen molar-refractivity contribution in [2.45, 2.75) is 12.5 Å². The second-order valence-corrected chi connectivity index (χ2v) is 4.74. The van der Waals surface area contributed by atoms with Crippen LogP contribution in [0.3, 0.4) is 0 Å². The topological polar surface area (TPSA) is 67.6 Å². The minimum Gasteiger partial charge on any atom is -0.468 e. The summed E-state index contributed by atoms with van der Waals surface area (Å²) in [5.74, 6) is -0.368. The van der Waals surface area contributed by atoms with E-state index in [2.05, 4.69) is 27.1 Å². The Morgan fingerprint density at radius 2 is 2.21 bits per heavy atom. The molecular formula is C14H21N3O2. The molecule has 0 saturated carbocycles. The van der Waals surface area contributed by atoms with Gasteiger partial charge in [-0.2, -0.15) is 0 Å². The number of carbonyl (C=O) groups is 1. The standard InChI is InChI=1S/C14H21N3O2/c1-19-14(18)13(15)10-11-3-2-4-12(9-11)17-7-5-16-6-8-17/h2-4,9,13,16H,5-8,10,15H2,1H3. The Kier molecular flexibility index (Phi) is 4.76. The molecule has 19 heavy (non-hydrogen) atoms. The minimum atomic E-state index is -0.594. The van der Waals surface area contributed by atoms with Crippen LogP contribution >= 0.6 is 0 Å². The number of benzene rings is 1. The summed E-state index contributed by atoms with van der Waals surface area (Å²) >= 11 is 0. The van der Waals surface area contributed by atoms with Crippen LogP contribution in [0, 0.1) is 0 Å². The van der Waals surface area contributed by atoms with E-state index in [9.17, 15) is 4.79 Å². The SMILES string of the molecule is COC(=O)C(N)Cc1cccc(N2CCNCC2)c1. The molecule has 0 aromatic heterocycles. The number of esters is 1. The molecule has 0 amide bonds. The summed E-state index contributed by atoms with van der Waals surface area (Å²) in [5, 5.41) is 3.33. The van der Waals surface area contributed by atoms with E-state index in [4.69, 9.17) is 5.73 Å². The Morgan fingerprint density at radius 1 is 1.47 bits per heavy atom. The Hall–Kier alpha value is -1.59. The molecule has 1 aromatic carbocycles. The second-order valence-electron chi connectivity index (χ2n) is 4.74. The minimum absolute atomic E-state index is 0.368. The lowest BCUT2D eigenvalue weighted by Crippen LogP contribution is -2.43. The molecule has 1 fully saturated rings. The highest BCUT2D eigenvalue weighted by Gasteiger charge is 2.15. The fraction of sp³-hybridized carbons (Fsp3) is 0.500. The van der Waals surface area contributed by atoms with Gasteiger partial charge in [-0.1, -0.05) is 12.1 Å². The fourth-order valence-corrected chi connectivity index (χ4v) is 2.29. The molecule has 5 heteroatoms. The van der Waals surface area contributed by atoms with Crippen LogP contribution in [-0.2, 0) is 16.0 Å². The highest BCUT2D eigenvalue weighted by molar-refractivity contribution is 5.75. The van der Waals surface area contributed by atoms with E-state index in [0.717, 1.165) is 31.7 Å². The first-order valence-corrected chi connectivity index (χ1v) is 6.58. The van der Waals surface area contributed by atoms with Crippen LogP contribution in [0.4, 0.5) is 5.69 Å². The largest absolute Gasteiger partial charge is 0.468 e. The maximum Gasteiger partial charge on any atom is 0.322 e. The number of carbonyl (C=O) groups excluding carboxylic acids is 1. The van der Waals surface area contributed by atoms with Gasteiger partial charge >= 0.3 is 5.97 Å². The molecule has 1 saturated heterocycles. The van der Waals surface area contributed by atoms with E-state index in [1.807, 2.05) is 12.1 Å². The smallest absolute Gasteiger partial charge is 0.322 e. The molecule has 1 unspecified atom stereocenters. The van der Waals surface area contributed by atoms with Gasteiger partial charge in [-0.15, -0.1) is 0 Å². The van der Waals surface area contributed by atoms with Gasteiger partial charge in [0, 0.05) is 31.9 Å². The lowest BCUT2D eigenvalue weighted by atomic mass is 10.1. The van der Waals surface area contributed by atoms with Crippen LogP contribution in [0.25, 0.3) is 0 Å². The van der Waals surface area contributed by atoms with Crippen LogP contribution < -0.4 is 16.0 Å². The van der Waals surface area contributed by atoms with Gasteiger partial charge in [0.2, 0.25) is 0 Å². The average molecular weight is 263 g/mol. The zero-order valence-electron chi connectivity index (χ0n) is 11.3. The van der Waals surface area contributed by atoms with Crippen LogP contribution in [0.1, 0.15) is 5.56 Å². The number of rotatable bonds is 4. The molecule has 104 valence electrons. The Bertz CT molecular complexity index is 430. The maximum absolute atomic E-state index is 11.3. The summed E-state index contributed by atoms with van der Waals surface area (Å²) in [6.07, 6.45) is 0.507. The molecule has 0 radical (unpaired) electrons. The summed E-state index contributed by atoms with van der Waals surface area (Å²) in [7, 11) is 1.36. The summed E-state index contributed by atoms with van der Waals surface area (Å²) in [4.78, 5) is 13.7. The normalized spacial score (nSPS) is 17.1. The first-order chi connectivity index (χ1) is 9.20. The van der Waals surface area contributed by atoms with Crippen molar-refractivity contribution in [2.24, 2.45) is 5.73 Å². The molecule has 1 aliphatic rings. The number of hydrogen-bond acceptors (Lipinski definition) is 5. The zero-order chi connectivity index (χ0) is 13.7. The van der Waals surface area contributed by atoms with Gasteiger partial charge in [0.25, 0.3) is 0 Å². The summed E-state index contributed by atoms with van der Waals surface area (Å²) in [6.45, 7) is 4.02. The number of anilines is 1. The first-order valence-electron chi connectivity index (χ1n) is 6.58. The van der Waals surface area contributed by atoms with E-state index in [1.54, 1.807) is 0 Å². The third-order valence-electron chi connectivity index (χ3n) is 3.35. The third-order valence-corrected chi connectivity index (χ3v) is 3.35. The second kappa shape index (κ2) is 6.54. The Morgan fingerprint density at radius 3 is 2.89 bits per heavy atom. The number of nitrogens with two attached hydrogens (primary N) is 1. The van der Waals surface area contributed by atoms with Crippen LogP contribution in [0.2, 0.25) is 0 Å². The molecule has 1 aromatic rings. The van der Waals surface area contributed by atoms with Crippen molar-refractivity contribution in [1.29, 1.82) is 0 Å². The van der Waals surface area contributed by atoms with Crippen molar-refractivity contribution in [3.8, 4) is 0 Å². The first kappa shape index (κ1) is 13.8. The predicted molar refractivity (Wildman–Crippen MR) is 75.2 cm³/mol. The van der Waals surface area contributed by atoms with Gasteiger partial charge in [0.15, 0.2) is 0 Å². The number of nitrogens with zero attached hydrogens (tertiary/aromatic N) is 1. The van der Waals surface area contributed by atoms with Crippen LogP contribution in [0.15, 0.2) is 24.3 Å². The zero-order valence-corrected chi connectivity index (χ0v) is 11.3. The van der Waals surface area contributed by atoms with Gasteiger partial charge in [0.05, 0.1) is 7.11 Å². The molecule has 0 bridgehead atoms. The highest BCUT2D eigenvalue weighted by atomic mass is 16.5. The maximum atomic E-state index is 11.3. The molecule has 0 spiro atoms. The van der Waals surface area contributed by atoms with E-state index >= 15 is 0 Å². The van der Waals surface area contributed by atoms with Crippen molar-refractivity contribution >= 4 is 11.7 Å². The van der Waals surface area contributed by atoms with Crippen molar-refractivity contribution in [2.75, 3.05) is 38.2 Å². The number of nitrogens with one attached hydrogen (secondary N) is 1. The summed E-state index contributed by atoms with van der Waals surface area (Å²) in [5.41, 5.74) is 8.04. The van der Waals surface area contributed by atoms with E-state index in [0.29, 0.717) is 6.42 Å². The van der Waals surface area contributed by atoms with Crippen molar-refractivity contribution in [1.82, 2.24) is 5.32 Å². The quantitative estimate of drug-likeness (QED) is 0.756. The molecule has 1 heterocycles.